The lowest BCUT2D eigenvalue weighted by molar-refractivity contribution is -0.140. The molecule has 1 unspecified atom stereocenters. The van der Waals surface area contributed by atoms with E-state index in [2.05, 4.69) is 19.2 Å². The molecule has 1 fully saturated rings. The van der Waals surface area contributed by atoms with Gasteiger partial charge in [-0.3, -0.25) is 4.79 Å². The van der Waals surface area contributed by atoms with Gasteiger partial charge in [-0.2, -0.15) is 0 Å². The van der Waals surface area contributed by atoms with Crippen LogP contribution in [0.1, 0.15) is 46.5 Å². The Balaban J connectivity index is 2.26. The molecule has 3 heteroatoms. The topological polar surface area (TPSA) is 49.3 Å². The summed E-state index contributed by atoms with van der Waals surface area (Å²) in [5, 5.41) is 12.2. The first-order valence-corrected chi connectivity index (χ1v) is 6.03. The summed E-state index contributed by atoms with van der Waals surface area (Å²) in [6.07, 6.45) is 3.94. The largest absolute Gasteiger partial charge is 0.480 e. The highest BCUT2D eigenvalue weighted by atomic mass is 16.4. The minimum atomic E-state index is -0.704. The van der Waals surface area contributed by atoms with Crippen LogP contribution < -0.4 is 5.32 Å². The van der Waals surface area contributed by atoms with Crippen molar-refractivity contribution in [2.24, 2.45) is 11.8 Å². The molecule has 0 saturated heterocycles. The molecule has 0 radical (unpaired) electrons. The van der Waals surface area contributed by atoms with Gasteiger partial charge in [0, 0.05) is 6.04 Å². The van der Waals surface area contributed by atoms with Crippen LogP contribution in [0.2, 0.25) is 0 Å². The summed E-state index contributed by atoms with van der Waals surface area (Å²) in [4.78, 5) is 10.9. The van der Waals surface area contributed by atoms with Gasteiger partial charge in [0.05, 0.1) is 0 Å². The van der Waals surface area contributed by atoms with Crippen LogP contribution in [0.4, 0.5) is 0 Å². The molecule has 0 amide bonds. The summed E-state index contributed by atoms with van der Waals surface area (Å²) in [5.74, 6) is 0.820. The minimum Gasteiger partial charge on any atom is -0.480 e. The third-order valence-corrected chi connectivity index (χ3v) is 3.43. The van der Waals surface area contributed by atoms with E-state index in [0.717, 1.165) is 37.5 Å². The molecule has 1 atom stereocenters. The van der Waals surface area contributed by atoms with Crippen LogP contribution in [0, 0.1) is 11.8 Å². The SMILES string of the molecule is CCCC(NC1CC(C(C)C)C1)C(=O)O. The van der Waals surface area contributed by atoms with Gasteiger partial charge in [0.15, 0.2) is 0 Å². The van der Waals surface area contributed by atoms with Crippen molar-refractivity contribution in [2.75, 3.05) is 0 Å². The van der Waals surface area contributed by atoms with Gasteiger partial charge in [-0.15, -0.1) is 0 Å². The molecule has 1 aliphatic carbocycles. The molecular formula is C12H23NO2. The minimum absolute atomic E-state index is 0.340. The maximum Gasteiger partial charge on any atom is 0.320 e. The summed E-state index contributed by atoms with van der Waals surface area (Å²) >= 11 is 0. The molecule has 1 aliphatic rings. The Morgan fingerprint density at radius 1 is 1.47 bits per heavy atom. The van der Waals surface area contributed by atoms with Gasteiger partial charge in [0.1, 0.15) is 6.04 Å². The molecule has 15 heavy (non-hydrogen) atoms. The summed E-state index contributed by atoms with van der Waals surface area (Å²) in [7, 11) is 0. The smallest absolute Gasteiger partial charge is 0.320 e. The number of nitrogens with one attached hydrogen (secondary N) is 1. The molecule has 3 nitrogen and oxygen atoms in total. The van der Waals surface area contributed by atoms with Gasteiger partial charge in [-0.25, -0.2) is 0 Å². The second-order valence-electron chi connectivity index (χ2n) is 5.02. The maximum absolute atomic E-state index is 10.9. The second kappa shape index (κ2) is 5.50. The van der Waals surface area contributed by atoms with Crippen LogP contribution in [0.25, 0.3) is 0 Å². The Morgan fingerprint density at radius 2 is 2.07 bits per heavy atom. The van der Waals surface area contributed by atoms with E-state index in [0.29, 0.717) is 6.04 Å². The molecule has 0 aromatic carbocycles. The van der Waals surface area contributed by atoms with Crippen LogP contribution in [0.3, 0.4) is 0 Å². The fourth-order valence-corrected chi connectivity index (χ4v) is 2.19. The number of carbonyl (C=O) groups is 1. The summed E-state index contributed by atoms with van der Waals surface area (Å²) in [6, 6.07) is 0.0955. The second-order valence-corrected chi connectivity index (χ2v) is 5.02. The number of hydrogen-bond acceptors (Lipinski definition) is 2. The fraction of sp³-hybridized carbons (Fsp3) is 0.917. The highest BCUT2D eigenvalue weighted by molar-refractivity contribution is 5.73. The van der Waals surface area contributed by atoms with Gasteiger partial charge in [0.2, 0.25) is 0 Å². The van der Waals surface area contributed by atoms with Crippen LogP contribution >= 0.6 is 0 Å². The number of carboxylic acid groups (broad SMARTS) is 1. The Bertz CT molecular complexity index is 210. The molecule has 0 bridgehead atoms. The molecule has 1 saturated carbocycles. The van der Waals surface area contributed by atoms with Gasteiger partial charge in [-0.05, 0) is 31.1 Å². The van der Waals surface area contributed by atoms with Crippen LogP contribution in [0.5, 0.6) is 0 Å². The first kappa shape index (κ1) is 12.5. The lowest BCUT2D eigenvalue weighted by Crippen LogP contribution is -2.50. The average Bonchev–Trinajstić information content (AvgIpc) is 2.07. The number of hydrogen-bond donors (Lipinski definition) is 2. The molecule has 0 spiro atoms. The molecular weight excluding hydrogens is 190 g/mol. The van der Waals surface area contributed by atoms with Gasteiger partial charge >= 0.3 is 5.97 Å². The Kier molecular flexibility index (Phi) is 4.58. The predicted molar refractivity (Wildman–Crippen MR) is 60.8 cm³/mol. The van der Waals surface area contributed by atoms with E-state index in [4.69, 9.17) is 5.11 Å². The van der Waals surface area contributed by atoms with E-state index in [9.17, 15) is 4.79 Å². The van der Waals surface area contributed by atoms with Gasteiger partial charge in [-0.1, -0.05) is 27.2 Å². The van der Waals surface area contributed by atoms with Crippen molar-refractivity contribution in [1.82, 2.24) is 5.32 Å². The average molecular weight is 213 g/mol. The summed E-state index contributed by atoms with van der Waals surface area (Å²) in [5.41, 5.74) is 0. The van der Waals surface area contributed by atoms with E-state index in [-0.39, 0.29) is 6.04 Å². The van der Waals surface area contributed by atoms with Crippen molar-refractivity contribution in [3.63, 3.8) is 0 Å². The Labute approximate surface area is 92.3 Å². The van der Waals surface area contributed by atoms with Gasteiger partial charge in [0.25, 0.3) is 0 Å². The third-order valence-electron chi connectivity index (χ3n) is 3.43. The molecule has 0 aromatic heterocycles. The molecule has 88 valence electrons. The van der Waals surface area contributed by atoms with E-state index < -0.39 is 5.97 Å². The summed E-state index contributed by atoms with van der Waals surface area (Å²) in [6.45, 7) is 6.50. The highest BCUT2D eigenvalue weighted by Gasteiger charge is 2.33. The zero-order chi connectivity index (χ0) is 11.4. The fourth-order valence-electron chi connectivity index (χ4n) is 2.19. The first-order chi connectivity index (χ1) is 7.04. The van der Waals surface area contributed by atoms with Crippen molar-refractivity contribution in [3.8, 4) is 0 Å². The van der Waals surface area contributed by atoms with Crippen LogP contribution in [-0.2, 0) is 4.79 Å². The number of aliphatic carboxylic acids is 1. The first-order valence-electron chi connectivity index (χ1n) is 6.03. The molecule has 0 aromatic rings. The van der Waals surface area contributed by atoms with E-state index in [1.165, 1.54) is 0 Å². The van der Waals surface area contributed by atoms with E-state index in [1.807, 2.05) is 6.92 Å². The van der Waals surface area contributed by atoms with Crippen molar-refractivity contribution >= 4 is 5.97 Å². The monoisotopic (exact) mass is 213 g/mol. The predicted octanol–water partition coefficient (Wildman–Crippen LogP) is 2.26. The Morgan fingerprint density at radius 3 is 2.47 bits per heavy atom. The zero-order valence-corrected chi connectivity index (χ0v) is 9.99. The maximum atomic E-state index is 10.9. The van der Waals surface area contributed by atoms with Crippen LogP contribution in [-0.4, -0.2) is 23.2 Å². The molecule has 2 N–H and O–H groups in total. The van der Waals surface area contributed by atoms with Gasteiger partial charge < -0.3 is 10.4 Å². The molecule has 0 heterocycles. The standard InChI is InChI=1S/C12H23NO2/c1-4-5-11(12(14)15)13-10-6-9(7-10)8(2)3/h8-11,13H,4-7H2,1-3H3,(H,14,15). The Hall–Kier alpha value is -0.570. The lowest BCUT2D eigenvalue weighted by Gasteiger charge is -2.40. The van der Waals surface area contributed by atoms with E-state index in [1.54, 1.807) is 0 Å². The van der Waals surface area contributed by atoms with Crippen molar-refractivity contribution in [2.45, 2.75) is 58.5 Å². The number of rotatable bonds is 6. The molecule has 1 rings (SSSR count). The normalized spacial score (nSPS) is 27.5. The van der Waals surface area contributed by atoms with E-state index >= 15 is 0 Å². The highest BCUT2D eigenvalue weighted by Crippen LogP contribution is 2.33. The van der Waals surface area contributed by atoms with Crippen molar-refractivity contribution in [3.05, 3.63) is 0 Å². The molecule has 0 aliphatic heterocycles. The quantitative estimate of drug-likeness (QED) is 0.711. The van der Waals surface area contributed by atoms with Crippen molar-refractivity contribution < 1.29 is 9.90 Å². The number of carboxylic acids is 1. The van der Waals surface area contributed by atoms with Crippen LogP contribution in [0.15, 0.2) is 0 Å². The summed E-state index contributed by atoms with van der Waals surface area (Å²) < 4.78 is 0. The van der Waals surface area contributed by atoms with Crippen molar-refractivity contribution in [1.29, 1.82) is 0 Å². The lowest BCUT2D eigenvalue weighted by atomic mass is 9.73. The third kappa shape index (κ3) is 3.49. The zero-order valence-electron chi connectivity index (χ0n) is 9.99.